The van der Waals surface area contributed by atoms with Gasteiger partial charge in [-0.25, -0.2) is 9.37 Å². The van der Waals surface area contributed by atoms with Crippen LogP contribution in [0.25, 0.3) is 0 Å². The molecule has 0 aliphatic rings. The van der Waals surface area contributed by atoms with E-state index in [0.29, 0.717) is 6.42 Å². The van der Waals surface area contributed by atoms with Crippen LogP contribution in [0.4, 0.5) is 4.39 Å². The maximum atomic E-state index is 13.1. The summed E-state index contributed by atoms with van der Waals surface area (Å²) in [5, 5.41) is 2.98. The zero-order valence-electron chi connectivity index (χ0n) is 12.5. The number of imidazole rings is 1. The lowest BCUT2D eigenvalue weighted by molar-refractivity contribution is -0.122. The standard InChI is InChI=1S/C16H20FN3O/c1-11(2)10-14(21)19-15(16-18-8-9-20(16)3)12-4-6-13(17)7-5-12/h4-9,11,15H,10H2,1-3H3,(H,19,21). The maximum Gasteiger partial charge on any atom is 0.221 e. The van der Waals surface area contributed by atoms with Gasteiger partial charge in [0.1, 0.15) is 17.7 Å². The van der Waals surface area contributed by atoms with Crippen LogP contribution in [-0.4, -0.2) is 15.5 Å². The van der Waals surface area contributed by atoms with Gasteiger partial charge in [0, 0.05) is 25.9 Å². The molecule has 0 aliphatic carbocycles. The van der Waals surface area contributed by atoms with Crippen molar-refractivity contribution in [2.75, 3.05) is 0 Å². The summed E-state index contributed by atoms with van der Waals surface area (Å²) in [6.07, 6.45) is 3.95. The molecule has 2 aromatic rings. The molecule has 21 heavy (non-hydrogen) atoms. The second-order valence-electron chi connectivity index (χ2n) is 5.55. The first kappa shape index (κ1) is 15.2. The highest BCUT2D eigenvalue weighted by Crippen LogP contribution is 2.21. The van der Waals surface area contributed by atoms with E-state index in [1.54, 1.807) is 18.3 Å². The summed E-state index contributed by atoms with van der Waals surface area (Å²) in [4.78, 5) is 16.4. The summed E-state index contributed by atoms with van der Waals surface area (Å²) >= 11 is 0. The lowest BCUT2D eigenvalue weighted by atomic mass is 10.0. The Morgan fingerprint density at radius 2 is 2.00 bits per heavy atom. The van der Waals surface area contributed by atoms with Gasteiger partial charge in [0.2, 0.25) is 5.91 Å². The fraction of sp³-hybridized carbons (Fsp3) is 0.375. The zero-order valence-corrected chi connectivity index (χ0v) is 12.5. The average molecular weight is 289 g/mol. The minimum absolute atomic E-state index is 0.0395. The molecule has 1 aromatic carbocycles. The van der Waals surface area contributed by atoms with Crippen LogP contribution in [0, 0.1) is 11.7 Å². The predicted molar refractivity (Wildman–Crippen MR) is 79.0 cm³/mol. The summed E-state index contributed by atoms with van der Waals surface area (Å²) in [6.45, 7) is 3.99. The van der Waals surface area contributed by atoms with Gasteiger partial charge in [-0.15, -0.1) is 0 Å². The second-order valence-corrected chi connectivity index (χ2v) is 5.55. The van der Waals surface area contributed by atoms with Crippen LogP contribution in [0.2, 0.25) is 0 Å². The smallest absolute Gasteiger partial charge is 0.221 e. The Morgan fingerprint density at radius 3 is 2.52 bits per heavy atom. The lowest BCUT2D eigenvalue weighted by Crippen LogP contribution is -2.31. The number of aromatic nitrogens is 2. The molecule has 1 unspecified atom stereocenters. The first-order valence-corrected chi connectivity index (χ1v) is 6.99. The van der Waals surface area contributed by atoms with Crippen molar-refractivity contribution in [3.05, 3.63) is 53.9 Å². The van der Waals surface area contributed by atoms with Crippen LogP contribution in [0.3, 0.4) is 0 Å². The maximum absolute atomic E-state index is 13.1. The van der Waals surface area contributed by atoms with Crippen LogP contribution < -0.4 is 5.32 Å². The molecule has 1 atom stereocenters. The van der Waals surface area contributed by atoms with Gasteiger partial charge < -0.3 is 9.88 Å². The SMILES string of the molecule is CC(C)CC(=O)NC(c1ccc(F)cc1)c1nccn1C. The number of amides is 1. The average Bonchev–Trinajstić information content (AvgIpc) is 2.82. The number of hydrogen-bond acceptors (Lipinski definition) is 2. The highest BCUT2D eigenvalue weighted by Gasteiger charge is 2.21. The van der Waals surface area contributed by atoms with Crippen LogP contribution in [-0.2, 0) is 11.8 Å². The predicted octanol–water partition coefficient (Wildman–Crippen LogP) is 2.81. The van der Waals surface area contributed by atoms with Crippen LogP contribution >= 0.6 is 0 Å². The molecule has 0 saturated carbocycles. The Labute approximate surface area is 124 Å². The largest absolute Gasteiger partial charge is 0.342 e. The molecule has 112 valence electrons. The van der Waals surface area contributed by atoms with E-state index < -0.39 is 0 Å². The Morgan fingerprint density at radius 1 is 1.33 bits per heavy atom. The number of rotatable bonds is 5. The Hall–Kier alpha value is -2.17. The Balaban J connectivity index is 2.29. The lowest BCUT2D eigenvalue weighted by Gasteiger charge is -2.19. The zero-order chi connectivity index (χ0) is 15.4. The van der Waals surface area contributed by atoms with Crippen molar-refractivity contribution in [3.63, 3.8) is 0 Å². The Kier molecular flexibility index (Phi) is 4.73. The molecule has 1 amide bonds. The van der Waals surface area contributed by atoms with Gasteiger partial charge in [-0.1, -0.05) is 26.0 Å². The number of benzene rings is 1. The van der Waals surface area contributed by atoms with E-state index in [9.17, 15) is 9.18 Å². The molecule has 0 saturated heterocycles. The normalized spacial score (nSPS) is 12.4. The quantitative estimate of drug-likeness (QED) is 0.920. The molecule has 1 aromatic heterocycles. The van der Waals surface area contributed by atoms with Gasteiger partial charge in [-0.05, 0) is 23.6 Å². The van der Waals surface area contributed by atoms with Crippen molar-refractivity contribution in [1.82, 2.24) is 14.9 Å². The van der Waals surface area contributed by atoms with Crippen molar-refractivity contribution >= 4 is 5.91 Å². The summed E-state index contributed by atoms with van der Waals surface area (Å²) < 4.78 is 14.9. The van der Waals surface area contributed by atoms with Crippen molar-refractivity contribution < 1.29 is 9.18 Å². The van der Waals surface area contributed by atoms with Crippen molar-refractivity contribution in [1.29, 1.82) is 0 Å². The molecule has 1 heterocycles. The molecule has 5 heteroatoms. The third kappa shape index (κ3) is 3.90. The molecule has 0 spiro atoms. The first-order valence-electron chi connectivity index (χ1n) is 6.99. The number of aryl methyl sites for hydroxylation is 1. The van der Waals surface area contributed by atoms with Gasteiger partial charge >= 0.3 is 0 Å². The van der Waals surface area contributed by atoms with Gasteiger partial charge in [0.25, 0.3) is 0 Å². The van der Waals surface area contributed by atoms with Crippen molar-refractivity contribution in [2.24, 2.45) is 13.0 Å². The first-order chi connectivity index (χ1) is 9.97. The molecule has 0 bridgehead atoms. The van der Waals surface area contributed by atoms with E-state index in [1.807, 2.05) is 31.7 Å². The van der Waals surface area contributed by atoms with Crippen LogP contribution in [0.1, 0.15) is 37.7 Å². The van der Waals surface area contributed by atoms with E-state index >= 15 is 0 Å². The van der Waals surface area contributed by atoms with Crippen molar-refractivity contribution in [3.8, 4) is 0 Å². The fourth-order valence-electron chi connectivity index (χ4n) is 2.20. The molecule has 2 rings (SSSR count). The summed E-state index contributed by atoms with van der Waals surface area (Å²) in [5.41, 5.74) is 0.808. The highest BCUT2D eigenvalue weighted by atomic mass is 19.1. The topological polar surface area (TPSA) is 46.9 Å². The summed E-state index contributed by atoms with van der Waals surface area (Å²) in [5.74, 6) is 0.659. The second kappa shape index (κ2) is 6.52. The van der Waals surface area contributed by atoms with Gasteiger partial charge in [0.05, 0.1) is 0 Å². The minimum Gasteiger partial charge on any atom is -0.342 e. The molecular weight excluding hydrogens is 269 g/mol. The highest BCUT2D eigenvalue weighted by molar-refractivity contribution is 5.77. The van der Waals surface area contributed by atoms with Crippen LogP contribution in [0.15, 0.2) is 36.7 Å². The number of hydrogen-bond donors (Lipinski definition) is 1. The number of carbonyl (C=O) groups excluding carboxylic acids is 1. The van der Waals surface area contributed by atoms with E-state index in [1.165, 1.54) is 12.1 Å². The van der Waals surface area contributed by atoms with Gasteiger partial charge in [-0.3, -0.25) is 4.79 Å². The summed E-state index contributed by atoms with van der Waals surface area (Å²) in [6, 6.07) is 5.74. The monoisotopic (exact) mass is 289 g/mol. The summed E-state index contributed by atoms with van der Waals surface area (Å²) in [7, 11) is 1.87. The third-order valence-corrected chi connectivity index (χ3v) is 3.22. The third-order valence-electron chi connectivity index (χ3n) is 3.22. The Bertz CT molecular complexity index is 604. The van der Waals surface area contributed by atoms with Gasteiger partial charge in [0.15, 0.2) is 0 Å². The van der Waals surface area contributed by atoms with E-state index in [0.717, 1.165) is 11.4 Å². The van der Waals surface area contributed by atoms with Gasteiger partial charge in [-0.2, -0.15) is 0 Å². The van der Waals surface area contributed by atoms with E-state index in [2.05, 4.69) is 10.3 Å². The molecule has 0 radical (unpaired) electrons. The molecule has 1 N–H and O–H groups in total. The van der Waals surface area contributed by atoms with Crippen molar-refractivity contribution in [2.45, 2.75) is 26.3 Å². The minimum atomic E-state index is -0.378. The fourth-order valence-corrected chi connectivity index (χ4v) is 2.20. The molecule has 4 nitrogen and oxygen atoms in total. The number of nitrogens with one attached hydrogen (secondary N) is 1. The van der Waals surface area contributed by atoms with E-state index in [-0.39, 0.29) is 23.7 Å². The van der Waals surface area contributed by atoms with E-state index in [4.69, 9.17) is 0 Å². The van der Waals surface area contributed by atoms with Crippen LogP contribution in [0.5, 0.6) is 0 Å². The molecule has 0 aliphatic heterocycles. The number of nitrogens with zero attached hydrogens (tertiary/aromatic N) is 2. The molecular formula is C16H20FN3O. The molecule has 0 fully saturated rings. The number of carbonyl (C=O) groups is 1. The number of halogens is 1.